The predicted molar refractivity (Wildman–Crippen MR) is 138 cm³/mol. The van der Waals surface area contributed by atoms with E-state index in [-0.39, 0.29) is 0 Å². The minimum atomic E-state index is -1.79. The van der Waals surface area contributed by atoms with Crippen molar-refractivity contribution in [3.8, 4) is 0 Å². The largest absolute Gasteiger partial charge is 0.463 e. The van der Waals surface area contributed by atoms with E-state index in [0.717, 1.165) is 48.5 Å². The van der Waals surface area contributed by atoms with Crippen LogP contribution in [0.5, 0.6) is 0 Å². The summed E-state index contributed by atoms with van der Waals surface area (Å²) >= 11 is 0. The highest BCUT2D eigenvalue weighted by Gasteiger charge is 2.56. The van der Waals surface area contributed by atoms with Gasteiger partial charge in [-0.15, -0.1) is 0 Å². The zero-order valence-electron chi connectivity index (χ0n) is 25.2. The second-order valence-corrected chi connectivity index (χ2v) is 9.84. The highest BCUT2D eigenvalue weighted by molar-refractivity contribution is 5.73. The zero-order valence-corrected chi connectivity index (χ0v) is 25.2. The molecule has 0 aromatic rings. The normalized spacial score (nSPS) is 31.5. The van der Waals surface area contributed by atoms with Gasteiger partial charge in [-0.1, -0.05) is 0 Å². The molecule has 10 atom stereocenters. The van der Waals surface area contributed by atoms with Crippen LogP contribution >= 0.6 is 0 Å². The SMILES string of the molecule is CC(=O)N[C@@H]1[C@@H](OC(C)=O)[C@H](O[C@H]2O[C@@H](COC(C)=O)[C@@H](OC(C)=O)[C@H](OC(C)=O)[C@H]2OC(C)=O)[C@@H](COC(C)=O)O[C@@H]1O. The van der Waals surface area contributed by atoms with E-state index >= 15 is 0 Å². The summed E-state index contributed by atoms with van der Waals surface area (Å²) in [7, 11) is 0. The number of rotatable bonds is 11. The second-order valence-electron chi connectivity index (χ2n) is 9.84. The Morgan fingerprint density at radius 3 is 1.45 bits per heavy atom. The van der Waals surface area contributed by atoms with Gasteiger partial charge in [-0.3, -0.25) is 33.6 Å². The Hall–Kier alpha value is -3.87. The summed E-state index contributed by atoms with van der Waals surface area (Å²) < 4.78 is 49.2. The van der Waals surface area contributed by atoms with Crippen molar-refractivity contribution in [3.63, 3.8) is 0 Å². The highest BCUT2D eigenvalue weighted by atomic mass is 16.8. The molecule has 2 rings (SSSR count). The average Bonchev–Trinajstić information content (AvgIpc) is 2.87. The van der Waals surface area contributed by atoms with Crippen molar-refractivity contribution in [2.24, 2.45) is 0 Å². The van der Waals surface area contributed by atoms with E-state index < -0.39 is 116 Å². The van der Waals surface area contributed by atoms with Gasteiger partial charge in [-0.25, -0.2) is 0 Å². The van der Waals surface area contributed by atoms with E-state index in [0.29, 0.717) is 0 Å². The van der Waals surface area contributed by atoms with Crippen LogP contribution in [0.3, 0.4) is 0 Å². The third kappa shape index (κ3) is 10.7. The molecule has 0 aliphatic carbocycles. The number of aliphatic hydroxyl groups excluding tert-OH is 1. The number of carbonyl (C=O) groups is 7. The lowest BCUT2D eigenvalue weighted by Gasteiger charge is -2.48. The minimum Gasteiger partial charge on any atom is -0.463 e. The Bertz CT molecular complexity index is 1090. The molecule has 248 valence electrons. The number of carbonyl (C=O) groups excluding carboxylic acids is 7. The number of ether oxygens (including phenoxy) is 9. The summed E-state index contributed by atoms with van der Waals surface area (Å²) in [6.45, 7) is 6.33. The molecule has 1 amide bonds. The van der Waals surface area contributed by atoms with Gasteiger partial charge in [-0.05, 0) is 0 Å². The van der Waals surface area contributed by atoms with Gasteiger partial charge in [0, 0.05) is 48.5 Å². The molecule has 0 aromatic carbocycles. The molecule has 2 aliphatic rings. The van der Waals surface area contributed by atoms with Crippen LogP contribution in [0.4, 0.5) is 0 Å². The van der Waals surface area contributed by atoms with Crippen LogP contribution in [0.1, 0.15) is 48.5 Å². The first kappa shape index (κ1) is 36.3. The van der Waals surface area contributed by atoms with E-state index in [1.165, 1.54) is 0 Å². The summed E-state index contributed by atoms with van der Waals surface area (Å²) in [5, 5.41) is 13.1. The van der Waals surface area contributed by atoms with Crippen molar-refractivity contribution in [2.45, 2.75) is 110 Å². The first-order valence-electron chi connectivity index (χ1n) is 13.4. The Labute approximate surface area is 251 Å². The van der Waals surface area contributed by atoms with E-state index in [9.17, 15) is 38.7 Å². The van der Waals surface area contributed by atoms with Crippen molar-refractivity contribution in [3.05, 3.63) is 0 Å². The van der Waals surface area contributed by atoms with E-state index in [1.807, 2.05) is 0 Å². The molecule has 0 bridgehead atoms. The molecule has 0 unspecified atom stereocenters. The molecule has 2 heterocycles. The van der Waals surface area contributed by atoms with Gasteiger partial charge in [-0.2, -0.15) is 0 Å². The first-order chi connectivity index (χ1) is 20.5. The smallest absolute Gasteiger partial charge is 0.303 e. The van der Waals surface area contributed by atoms with E-state index in [1.54, 1.807) is 0 Å². The maximum absolute atomic E-state index is 12.2. The van der Waals surface area contributed by atoms with Crippen LogP contribution in [0.25, 0.3) is 0 Å². The monoisotopic (exact) mass is 635 g/mol. The maximum Gasteiger partial charge on any atom is 0.303 e. The number of nitrogens with one attached hydrogen (secondary N) is 1. The topological polar surface area (TPSA) is 235 Å². The molecule has 2 aliphatic heterocycles. The third-order valence-corrected chi connectivity index (χ3v) is 6.03. The molecule has 0 radical (unpaired) electrons. The molecule has 18 heteroatoms. The van der Waals surface area contributed by atoms with Crippen LogP contribution in [-0.4, -0.2) is 121 Å². The van der Waals surface area contributed by atoms with Gasteiger partial charge >= 0.3 is 35.8 Å². The lowest BCUT2D eigenvalue weighted by atomic mass is 9.95. The van der Waals surface area contributed by atoms with Gasteiger partial charge in [0.25, 0.3) is 0 Å². The molecule has 0 saturated carbocycles. The van der Waals surface area contributed by atoms with Crippen molar-refractivity contribution in [2.75, 3.05) is 13.2 Å². The summed E-state index contributed by atoms with van der Waals surface area (Å²) in [5.74, 6) is -5.68. The van der Waals surface area contributed by atoms with Crippen LogP contribution in [0, 0.1) is 0 Å². The van der Waals surface area contributed by atoms with Gasteiger partial charge in [0.05, 0.1) is 0 Å². The number of amides is 1. The Kier molecular flexibility index (Phi) is 13.4. The lowest BCUT2D eigenvalue weighted by molar-refractivity contribution is -0.347. The van der Waals surface area contributed by atoms with Gasteiger partial charge in [0.2, 0.25) is 5.91 Å². The van der Waals surface area contributed by atoms with Crippen LogP contribution < -0.4 is 5.32 Å². The molecule has 2 N–H and O–H groups in total. The Balaban J connectivity index is 2.66. The van der Waals surface area contributed by atoms with Crippen molar-refractivity contribution in [1.82, 2.24) is 5.32 Å². The lowest BCUT2D eigenvalue weighted by Crippen LogP contribution is -2.68. The fraction of sp³-hybridized carbons (Fsp3) is 0.731. The van der Waals surface area contributed by atoms with Crippen molar-refractivity contribution >= 4 is 41.7 Å². The first-order valence-corrected chi connectivity index (χ1v) is 13.4. The fourth-order valence-electron chi connectivity index (χ4n) is 4.59. The molecular formula is C26H37NO17. The van der Waals surface area contributed by atoms with Gasteiger partial charge in [0.15, 0.2) is 37.0 Å². The highest BCUT2D eigenvalue weighted by Crippen LogP contribution is 2.34. The van der Waals surface area contributed by atoms with E-state index in [2.05, 4.69) is 5.32 Å². The second kappa shape index (κ2) is 16.3. The predicted octanol–water partition coefficient (Wildman–Crippen LogP) is -1.83. The summed E-state index contributed by atoms with van der Waals surface area (Å²) in [4.78, 5) is 83.6. The van der Waals surface area contributed by atoms with Crippen molar-refractivity contribution in [1.29, 1.82) is 0 Å². The molecule has 0 spiro atoms. The zero-order chi connectivity index (χ0) is 33.3. The molecule has 18 nitrogen and oxygen atoms in total. The Morgan fingerprint density at radius 1 is 0.568 bits per heavy atom. The third-order valence-electron chi connectivity index (χ3n) is 6.03. The number of hydrogen-bond donors (Lipinski definition) is 2. The number of aliphatic hydroxyl groups is 1. The van der Waals surface area contributed by atoms with Crippen LogP contribution in [0.2, 0.25) is 0 Å². The van der Waals surface area contributed by atoms with Crippen LogP contribution in [0.15, 0.2) is 0 Å². The molecule has 2 saturated heterocycles. The molecule has 0 aromatic heterocycles. The molecular weight excluding hydrogens is 598 g/mol. The summed E-state index contributed by atoms with van der Waals surface area (Å²) in [6, 6.07) is -1.43. The van der Waals surface area contributed by atoms with Crippen LogP contribution in [-0.2, 0) is 76.2 Å². The fourth-order valence-corrected chi connectivity index (χ4v) is 4.59. The number of esters is 6. The standard InChI is InChI=1S/C26H37NO17/c1-10(28)27-19-22(39-14(5)32)20(17(42-25(19)35)8-36-11(2)29)44-26-24(41-16(7)34)23(40-15(6)33)21(38-13(4)31)18(43-26)9-37-12(3)30/h17-26,35H,8-9H2,1-7H3,(H,27,28)/t17-,18+,19-,20-,21-,22-,23+,24-,25+,26-/m1/s1. The molecule has 2 fully saturated rings. The van der Waals surface area contributed by atoms with E-state index in [4.69, 9.17) is 42.6 Å². The van der Waals surface area contributed by atoms with Crippen molar-refractivity contribution < 1.29 is 81.3 Å². The number of hydrogen-bond acceptors (Lipinski definition) is 17. The summed E-state index contributed by atoms with van der Waals surface area (Å²) in [5.41, 5.74) is 0. The maximum atomic E-state index is 12.2. The average molecular weight is 636 g/mol. The van der Waals surface area contributed by atoms with Gasteiger partial charge < -0.3 is 53.1 Å². The summed E-state index contributed by atoms with van der Waals surface area (Å²) in [6.07, 6.45) is -14.2. The quantitative estimate of drug-likeness (QED) is 0.188. The van der Waals surface area contributed by atoms with Gasteiger partial charge in [0.1, 0.15) is 37.6 Å². The Morgan fingerprint density at radius 2 is 1.00 bits per heavy atom. The minimum absolute atomic E-state index is 0.559. The molecule has 44 heavy (non-hydrogen) atoms.